The number of hydrogen-bond donors (Lipinski definition) is 0. The van der Waals surface area contributed by atoms with E-state index in [-0.39, 0.29) is 34.4 Å². The summed E-state index contributed by atoms with van der Waals surface area (Å²) >= 11 is 0. The number of alkyl halides is 3. The van der Waals surface area contributed by atoms with Gasteiger partial charge in [-0.1, -0.05) is 30.3 Å². The van der Waals surface area contributed by atoms with Gasteiger partial charge in [0, 0.05) is 19.2 Å². The Morgan fingerprint density at radius 2 is 1.73 bits per heavy atom. The van der Waals surface area contributed by atoms with E-state index in [2.05, 4.69) is 0 Å². The van der Waals surface area contributed by atoms with E-state index < -0.39 is 28.0 Å². The molecule has 0 saturated heterocycles. The Balaban J connectivity index is 2.16. The van der Waals surface area contributed by atoms with Crippen LogP contribution < -0.4 is 16.0 Å². The van der Waals surface area contributed by atoms with Gasteiger partial charge in [-0.05, 0) is 11.6 Å². The van der Waals surface area contributed by atoms with Gasteiger partial charge in [0.1, 0.15) is 12.3 Å². The van der Waals surface area contributed by atoms with Crippen LogP contribution in [0.1, 0.15) is 11.3 Å². The third kappa shape index (κ3) is 4.09. The number of ether oxygens (including phenoxy) is 1. The van der Waals surface area contributed by atoms with Gasteiger partial charge in [-0.15, -0.1) is 0 Å². The maximum Gasteiger partial charge on any atom is 0.431 e. The van der Waals surface area contributed by atoms with Crippen LogP contribution in [0.5, 0.6) is 5.75 Å². The Morgan fingerprint density at radius 3 is 2.33 bits per heavy atom. The fourth-order valence-corrected chi connectivity index (χ4v) is 2.77. The number of rotatable bonds is 5. The second-order valence-electron chi connectivity index (χ2n) is 6.23. The molecule has 0 atom stereocenters. The van der Waals surface area contributed by atoms with Crippen molar-refractivity contribution in [2.75, 3.05) is 0 Å². The fraction of sp³-hybridized carbons (Fsp3) is 0.158. The van der Waals surface area contributed by atoms with E-state index in [1.165, 1.54) is 0 Å². The molecule has 3 aromatic rings. The largest absolute Gasteiger partial charge is 0.486 e. The second-order valence-corrected chi connectivity index (χ2v) is 6.23. The minimum Gasteiger partial charge on any atom is -0.486 e. The average Bonchev–Trinajstić information content (AvgIpc) is 2.69. The van der Waals surface area contributed by atoms with E-state index in [1.54, 1.807) is 30.3 Å². The molecule has 156 valence electrons. The zero-order chi connectivity index (χ0) is 22.1. The van der Waals surface area contributed by atoms with E-state index in [9.17, 15) is 32.9 Å². The normalized spacial score (nSPS) is 11.3. The van der Waals surface area contributed by atoms with Crippen LogP contribution in [0, 0.1) is 10.1 Å². The first kappa shape index (κ1) is 20.8. The first-order chi connectivity index (χ1) is 14.1. The Bertz CT molecular complexity index is 1220. The van der Waals surface area contributed by atoms with Crippen molar-refractivity contribution in [2.24, 2.45) is 7.05 Å². The molecule has 11 heteroatoms. The summed E-state index contributed by atoms with van der Waals surface area (Å²) in [5.74, 6) is -0.202. The van der Waals surface area contributed by atoms with E-state index in [0.717, 1.165) is 25.2 Å². The minimum atomic E-state index is -4.91. The second kappa shape index (κ2) is 7.85. The number of nitrogens with zero attached hydrogens (tertiary/aromatic N) is 3. The molecular formula is C19H14F3N3O5. The summed E-state index contributed by atoms with van der Waals surface area (Å²) in [5.41, 5.74) is -3.82. The lowest BCUT2D eigenvalue weighted by Gasteiger charge is -2.16. The van der Waals surface area contributed by atoms with Crippen LogP contribution in [0.3, 0.4) is 0 Å². The van der Waals surface area contributed by atoms with Crippen molar-refractivity contribution in [3.63, 3.8) is 0 Å². The van der Waals surface area contributed by atoms with Gasteiger partial charge in [0.2, 0.25) is 0 Å². The molecule has 0 N–H and O–H groups in total. The molecule has 0 radical (unpaired) electrons. The molecule has 0 fully saturated rings. The Kier molecular flexibility index (Phi) is 5.45. The van der Waals surface area contributed by atoms with E-state index in [4.69, 9.17) is 4.74 Å². The molecule has 0 aliphatic carbocycles. The lowest BCUT2D eigenvalue weighted by Crippen LogP contribution is -2.40. The number of nitro benzene ring substituents is 1. The zero-order valence-electron chi connectivity index (χ0n) is 15.4. The first-order valence-corrected chi connectivity index (χ1v) is 8.45. The standard InChI is InChI=1S/C19H14F3N3O5/c1-23-16(19(20,21)22)10-17(26)24(18(23)27)14-8-7-13(25(28)29)9-15(14)30-11-12-5-3-2-4-6-12/h2-10H,11H2,1H3. The predicted molar refractivity (Wildman–Crippen MR) is 99.7 cm³/mol. The highest BCUT2D eigenvalue weighted by Gasteiger charge is 2.35. The zero-order valence-corrected chi connectivity index (χ0v) is 15.4. The van der Waals surface area contributed by atoms with Crippen molar-refractivity contribution in [2.45, 2.75) is 12.8 Å². The molecular weight excluding hydrogens is 407 g/mol. The van der Waals surface area contributed by atoms with Gasteiger partial charge in [-0.3, -0.25) is 19.5 Å². The number of halogens is 3. The minimum absolute atomic E-state index is 0.0509. The van der Waals surface area contributed by atoms with Gasteiger partial charge >= 0.3 is 11.9 Å². The fourth-order valence-electron chi connectivity index (χ4n) is 2.77. The molecule has 30 heavy (non-hydrogen) atoms. The van der Waals surface area contributed by atoms with Gasteiger partial charge in [0.15, 0.2) is 5.75 Å². The van der Waals surface area contributed by atoms with E-state index >= 15 is 0 Å². The molecule has 3 rings (SSSR count). The van der Waals surface area contributed by atoms with Gasteiger partial charge in [0.25, 0.3) is 11.2 Å². The topological polar surface area (TPSA) is 96.4 Å². The maximum atomic E-state index is 13.1. The summed E-state index contributed by atoms with van der Waals surface area (Å²) in [5, 5.41) is 11.1. The molecule has 0 spiro atoms. The summed E-state index contributed by atoms with van der Waals surface area (Å²) in [4.78, 5) is 35.3. The van der Waals surface area contributed by atoms with Gasteiger partial charge in [-0.25, -0.2) is 9.36 Å². The van der Waals surface area contributed by atoms with Crippen LogP contribution in [0.2, 0.25) is 0 Å². The maximum absolute atomic E-state index is 13.1. The lowest BCUT2D eigenvalue weighted by atomic mass is 10.2. The third-order valence-corrected chi connectivity index (χ3v) is 4.24. The van der Waals surface area contributed by atoms with Crippen molar-refractivity contribution >= 4 is 5.69 Å². The highest BCUT2D eigenvalue weighted by molar-refractivity contribution is 5.53. The van der Waals surface area contributed by atoms with Crippen molar-refractivity contribution in [3.8, 4) is 11.4 Å². The van der Waals surface area contributed by atoms with Crippen LogP contribution in [-0.2, 0) is 19.8 Å². The SMILES string of the molecule is Cn1c(C(F)(F)F)cc(=O)n(-c2ccc([N+](=O)[O-])cc2OCc2ccccc2)c1=O. The number of hydrogen-bond acceptors (Lipinski definition) is 5. The molecule has 0 unspecified atom stereocenters. The molecule has 0 aliphatic heterocycles. The number of aromatic nitrogens is 2. The molecule has 1 aromatic heterocycles. The van der Waals surface area contributed by atoms with Crippen LogP contribution in [0.25, 0.3) is 5.69 Å². The first-order valence-electron chi connectivity index (χ1n) is 8.45. The Hall–Kier alpha value is -3.89. The van der Waals surface area contributed by atoms with Gasteiger partial charge < -0.3 is 4.74 Å². The summed E-state index contributed by atoms with van der Waals surface area (Å²) in [7, 11) is 0.872. The summed E-state index contributed by atoms with van der Waals surface area (Å²) < 4.78 is 45.5. The molecule has 0 aliphatic rings. The molecule has 0 bridgehead atoms. The average molecular weight is 421 g/mol. The lowest BCUT2D eigenvalue weighted by molar-refractivity contribution is -0.384. The number of nitro groups is 1. The third-order valence-electron chi connectivity index (χ3n) is 4.24. The Labute approximate surface area is 166 Å². The summed E-state index contributed by atoms with van der Waals surface area (Å²) in [6, 6.07) is 12.1. The van der Waals surface area contributed by atoms with E-state index in [0.29, 0.717) is 10.1 Å². The summed E-state index contributed by atoms with van der Waals surface area (Å²) in [6.07, 6.45) is -4.91. The predicted octanol–water partition coefficient (Wildman–Crippen LogP) is 3.04. The monoisotopic (exact) mass is 421 g/mol. The van der Waals surface area contributed by atoms with Crippen molar-refractivity contribution in [1.29, 1.82) is 0 Å². The molecule has 0 saturated carbocycles. The smallest absolute Gasteiger partial charge is 0.431 e. The molecule has 0 amide bonds. The van der Waals surface area contributed by atoms with Crippen molar-refractivity contribution < 1.29 is 22.8 Å². The van der Waals surface area contributed by atoms with E-state index in [1.807, 2.05) is 0 Å². The van der Waals surface area contributed by atoms with Gasteiger partial charge in [0.05, 0.1) is 16.7 Å². The highest BCUT2D eigenvalue weighted by Crippen LogP contribution is 2.29. The molecule has 2 aromatic carbocycles. The summed E-state index contributed by atoms with van der Waals surface area (Å²) in [6.45, 7) is -0.0509. The van der Waals surface area contributed by atoms with Crippen LogP contribution in [0.15, 0.2) is 64.2 Å². The van der Waals surface area contributed by atoms with Crippen LogP contribution >= 0.6 is 0 Å². The van der Waals surface area contributed by atoms with Crippen LogP contribution in [0.4, 0.5) is 18.9 Å². The van der Waals surface area contributed by atoms with Crippen molar-refractivity contribution in [3.05, 3.63) is 96.8 Å². The quantitative estimate of drug-likeness (QED) is 0.466. The van der Waals surface area contributed by atoms with Crippen LogP contribution in [-0.4, -0.2) is 14.1 Å². The molecule has 1 heterocycles. The molecule has 8 nitrogen and oxygen atoms in total. The number of benzene rings is 2. The number of non-ortho nitro benzene ring substituents is 1. The Morgan fingerprint density at radius 1 is 1.07 bits per heavy atom. The highest BCUT2D eigenvalue weighted by atomic mass is 19.4. The van der Waals surface area contributed by atoms with Gasteiger partial charge in [-0.2, -0.15) is 13.2 Å². The van der Waals surface area contributed by atoms with Crippen molar-refractivity contribution in [1.82, 2.24) is 9.13 Å².